The van der Waals surface area contributed by atoms with Crippen LogP contribution in [0.15, 0.2) is 30.3 Å². The molecule has 1 spiro atoms. The van der Waals surface area contributed by atoms with Crippen LogP contribution in [-0.4, -0.2) is 63.0 Å². The van der Waals surface area contributed by atoms with Crippen LogP contribution in [0, 0.1) is 11.8 Å². The van der Waals surface area contributed by atoms with E-state index < -0.39 is 22.6 Å². The average molecular weight is 514 g/mol. The Kier molecular flexibility index (Phi) is 7.91. The third kappa shape index (κ3) is 4.78. The fourth-order valence-electron chi connectivity index (χ4n) is 6.99. The molecule has 3 heterocycles. The van der Waals surface area contributed by atoms with Crippen LogP contribution in [-0.2, 0) is 20.9 Å². The van der Waals surface area contributed by atoms with Gasteiger partial charge in [0.05, 0.1) is 16.6 Å². The minimum atomic E-state index is -0.522. The van der Waals surface area contributed by atoms with Crippen molar-refractivity contribution in [3.8, 4) is 0 Å². The van der Waals surface area contributed by atoms with E-state index in [-0.39, 0.29) is 35.6 Å². The quantitative estimate of drug-likeness (QED) is 0.418. The number of aliphatic hydroxyl groups is 1. The maximum atomic E-state index is 13.9. The maximum Gasteiger partial charge on any atom is 0.244 e. The highest BCUT2D eigenvalue weighted by Gasteiger charge is 2.73. The lowest BCUT2D eigenvalue weighted by Crippen LogP contribution is -2.55. The van der Waals surface area contributed by atoms with Crippen molar-refractivity contribution in [2.45, 2.75) is 92.8 Å². The highest BCUT2D eigenvalue weighted by Crippen LogP contribution is 2.66. The van der Waals surface area contributed by atoms with Gasteiger partial charge in [-0.25, -0.2) is 0 Å². The van der Waals surface area contributed by atoms with Gasteiger partial charge in [-0.1, -0.05) is 49.6 Å². The minimum Gasteiger partial charge on any atom is -0.396 e. The van der Waals surface area contributed by atoms with Gasteiger partial charge in [-0.3, -0.25) is 14.4 Å². The van der Waals surface area contributed by atoms with Gasteiger partial charge in [0.2, 0.25) is 17.7 Å². The maximum absolute atomic E-state index is 13.9. The molecule has 0 radical (unpaired) electrons. The van der Waals surface area contributed by atoms with Gasteiger partial charge in [-0.05, 0) is 50.5 Å². The number of aliphatic hydroxyl groups excluding tert-OH is 1. The van der Waals surface area contributed by atoms with Gasteiger partial charge in [-0.15, -0.1) is 11.8 Å². The normalized spacial score (nSPS) is 31.5. The number of fused-ring (bicyclic) bond motifs is 1. The molecule has 7 nitrogen and oxygen atoms in total. The number of nitrogens with zero attached hydrogens (tertiary/aromatic N) is 1. The zero-order chi connectivity index (χ0) is 25.1. The third-order valence-electron chi connectivity index (χ3n) is 8.67. The first-order valence-electron chi connectivity index (χ1n) is 13.8. The topological polar surface area (TPSA) is 98.7 Å². The Morgan fingerprint density at radius 3 is 2.56 bits per heavy atom. The number of nitrogens with one attached hydrogen (secondary N) is 2. The Labute approximate surface area is 218 Å². The van der Waals surface area contributed by atoms with Crippen molar-refractivity contribution in [3.63, 3.8) is 0 Å². The first kappa shape index (κ1) is 25.6. The number of likely N-dealkylation sites (tertiary alicyclic amines) is 1. The standard InChI is InChI=1S/C28H39N3O4S/c32-17-9-3-8-16-31-24(26(34)30-20-12-6-2-7-13-20)28-15-14-21(36-28)22(23(28)27(31)35)25(33)29-18-19-10-4-1-5-11-19/h1,4-5,10-11,20-24,32H,2-3,6-9,12-18H2,(H,29,33)(H,30,34)/t21-,22+,23+,24?,28?/m1/s1. The summed E-state index contributed by atoms with van der Waals surface area (Å²) < 4.78 is -0.522. The Morgan fingerprint density at radius 1 is 1.03 bits per heavy atom. The van der Waals surface area contributed by atoms with Crippen molar-refractivity contribution >= 4 is 29.5 Å². The van der Waals surface area contributed by atoms with E-state index >= 15 is 0 Å². The molecule has 3 amide bonds. The molecule has 1 aromatic rings. The summed E-state index contributed by atoms with van der Waals surface area (Å²) in [4.78, 5) is 43.0. The second kappa shape index (κ2) is 11.1. The van der Waals surface area contributed by atoms with Crippen LogP contribution in [0.1, 0.15) is 69.8 Å². The summed E-state index contributed by atoms with van der Waals surface area (Å²) in [7, 11) is 0. The SMILES string of the molecule is O=C(NC1CCCCC1)C1N(CCCCCO)C(=O)[C@@H]2[C@@H](C(=O)NCc3ccccc3)[C@H]3CCC12S3. The number of carbonyl (C=O) groups excluding carboxylic acids is 3. The first-order chi connectivity index (χ1) is 17.5. The zero-order valence-corrected chi connectivity index (χ0v) is 21.8. The number of benzene rings is 1. The van der Waals surface area contributed by atoms with E-state index in [9.17, 15) is 19.5 Å². The molecule has 3 aliphatic heterocycles. The lowest BCUT2D eigenvalue weighted by atomic mass is 9.70. The van der Waals surface area contributed by atoms with Gasteiger partial charge in [0.15, 0.2) is 0 Å². The fourth-order valence-corrected chi connectivity index (χ4v) is 9.21. The Hall–Kier alpha value is -2.06. The number of rotatable bonds is 10. The smallest absolute Gasteiger partial charge is 0.244 e. The second-order valence-electron chi connectivity index (χ2n) is 10.9. The Morgan fingerprint density at radius 2 is 1.81 bits per heavy atom. The number of amides is 3. The molecule has 1 saturated carbocycles. The molecule has 1 aromatic carbocycles. The number of hydrogen-bond donors (Lipinski definition) is 3. The van der Waals surface area contributed by atoms with Crippen molar-refractivity contribution in [2.24, 2.45) is 11.8 Å². The predicted molar refractivity (Wildman–Crippen MR) is 140 cm³/mol. The molecule has 196 valence electrons. The molecule has 36 heavy (non-hydrogen) atoms. The van der Waals surface area contributed by atoms with Gasteiger partial charge < -0.3 is 20.6 Å². The van der Waals surface area contributed by atoms with Crippen LogP contribution in [0.4, 0.5) is 0 Å². The highest BCUT2D eigenvalue weighted by molar-refractivity contribution is 8.02. The van der Waals surface area contributed by atoms with E-state index in [1.165, 1.54) is 6.42 Å². The average Bonchev–Trinajstić information content (AvgIpc) is 3.54. The lowest BCUT2D eigenvalue weighted by Gasteiger charge is -2.35. The summed E-state index contributed by atoms with van der Waals surface area (Å²) in [5.41, 5.74) is 1.03. The van der Waals surface area contributed by atoms with Gasteiger partial charge in [-0.2, -0.15) is 0 Å². The van der Waals surface area contributed by atoms with Crippen molar-refractivity contribution in [2.75, 3.05) is 13.2 Å². The van der Waals surface area contributed by atoms with Gasteiger partial charge in [0.1, 0.15) is 6.04 Å². The molecule has 2 bridgehead atoms. The summed E-state index contributed by atoms with van der Waals surface area (Å²) in [5.74, 6) is -0.968. The van der Waals surface area contributed by atoms with Crippen molar-refractivity contribution in [3.05, 3.63) is 35.9 Å². The van der Waals surface area contributed by atoms with Crippen molar-refractivity contribution in [1.29, 1.82) is 0 Å². The third-order valence-corrected chi connectivity index (χ3v) is 10.6. The summed E-state index contributed by atoms with van der Waals surface area (Å²) in [6.07, 6.45) is 9.40. The number of unbranched alkanes of at least 4 members (excludes halogenated alkanes) is 2. The lowest BCUT2D eigenvalue weighted by molar-refractivity contribution is -0.140. The first-order valence-corrected chi connectivity index (χ1v) is 14.6. The molecule has 2 unspecified atom stereocenters. The van der Waals surface area contributed by atoms with Crippen LogP contribution in [0.3, 0.4) is 0 Å². The van der Waals surface area contributed by atoms with E-state index in [4.69, 9.17) is 0 Å². The zero-order valence-electron chi connectivity index (χ0n) is 21.0. The number of hydrogen-bond acceptors (Lipinski definition) is 5. The number of carbonyl (C=O) groups is 3. The molecule has 5 atom stereocenters. The molecule has 3 N–H and O–H groups in total. The largest absolute Gasteiger partial charge is 0.396 e. The molecule has 1 aliphatic carbocycles. The van der Waals surface area contributed by atoms with E-state index in [0.717, 1.165) is 56.9 Å². The fraction of sp³-hybridized carbons (Fsp3) is 0.679. The molecule has 5 rings (SSSR count). The molecule has 4 fully saturated rings. The Balaban J connectivity index is 1.36. The number of thioether (sulfide) groups is 1. The van der Waals surface area contributed by atoms with Crippen LogP contribution < -0.4 is 10.6 Å². The van der Waals surface area contributed by atoms with Crippen LogP contribution in [0.2, 0.25) is 0 Å². The molecular weight excluding hydrogens is 474 g/mol. The molecule has 8 heteroatoms. The second-order valence-corrected chi connectivity index (χ2v) is 12.5. The van der Waals surface area contributed by atoms with E-state index in [0.29, 0.717) is 19.5 Å². The monoisotopic (exact) mass is 513 g/mol. The summed E-state index contributed by atoms with van der Waals surface area (Å²) in [6.45, 7) is 1.08. The highest BCUT2D eigenvalue weighted by atomic mass is 32.2. The summed E-state index contributed by atoms with van der Waals surface area (Å²) in [6, 6.07) is 9.49. The van der Waals surface area contributed by atoms with Gasteiger partial charge in [0, 0.05) is 31.0 Å². The van der Waals surface area contributed by atoms with Crippen LogP contribution >= 0.6 is 11.8 Å². The van der Waals surface area contributed by atoms with Crippen molar-refractivity contribution in [1.82, 2.24) is 15.5 Å². The summed E-state index contributed by atoms with van der Waals surface area (Å²) in [5, 5.41) is 15.7. The van der Waals surface area contributed by atoms with E-state index in [1.54, 1.807) is 16.7 Å². The van der Waals surface area contributed by atoms with Crippen LogP contribution in [0.5, 0.6) is 0 Å². The molecule has 0 aromatic heterocycles. The van der Waals surface area contributed by atoms with Gasteiger partial charge >= 0.3 is 0 Å². The minimum absolute atomic E-state index is 0.0293. The van der Waals surface area contributed by atoms with Crippen molar-refractivity contribution < 1.29 is 19.5 Å². The van der Waals surface area contributed by atoms with E-state index in [1.807, 2.05) is 30.3 Å². The van der Waals surface area contributed by atoms with E-state index in [2.05, 4.69) is 10.6 Å². The molecule has 3 saturated heterocycles. The molecular formula is C28H39N3O4S. The molecule has 4 aliphatic rings. The van der Waals surface area contributed by atoms with Gasteiger partial charge in [0.25, 0.3) is 0 Å². The predicted octanol–water partition coefficient (Wildman–Crippen LogP) is 3.01. The van der Waals surface area contributed by atoms with Crippen LogP contribution in [0.25, 0.3) is 0 Å². The summed E-state index contributed by atoms with van der Waals surface area (Å²) >= 11 is 1.73. The Bertz CT molecular complexity index is 953.